The SMILES string of the molecule is CC(CC(=O)O)N1CCc2cc3ccccc3nc21. The summed E-state index contributed by atoms with van der Waals surface area (Å²) < 4.78 is 0. The van der Waals surface area contributed by atoms with E-state index in [2.05, 4.69) is 17.0 Å². The number of hydrogen-bond donors (Lipinski definition) is 1. The summed E-state index contributed by atoms with van der Waals surface area (Å²) in [6.07, 6.45) is 1.09. The lowest BCUT2D eigenvalue weighted by Gasteiger charge is -2.25. The van der Waals surface area contributed by atoms with E-state index in [0.717, 1.165) is 29.7 Å². The molecule has 0 aliphatic carbocycles. The molecule has 1 aliphatic rings. The number of hydrogen-bond acceptors (Lipinski definition) is 3. The van der Waals surface area contributed by atoms with Gasteiger partial charge in [-0.1, -0.05) is 18.2 Å². The number of fused-ring (bicyclic) bond motifs is 2. The summed E-state index contributed by atoms with van der Waals surface area (Å²) in [5.74, 6) is 0.189. The van der Waals surface area contributed by atoms with E-state index in [1.165, 1.54) is 5.56 Å². The van der Waals surface area contributed by atoms with Crippen LogP contribution < -0.4 is 4.90 Å². The zero-order chi connectivity index (χ0) is 13.4. The van der Waals surface area contributed by atoms with Crippen LogP contribution in [0.4, 0.5) is 5.82 Å². The number of anilines is 1. The van der Waals surface area contributed by atoms with E-state index in [0.29, 0.717) is 0 Å². The first-order valence-electron chi connectivity index (χ1n) is 6.52. The van der Waals surface area contributed by atoms with Crippen LogP contribution in [0, 0.1) is 0 Å². The van der Waals surface area contributed by atoms with Gasteiger partial charge in [0.25, 0.3) is 0 Å². The highest BCUT2D eigenvalue weighted by atomic mass is 16.4. The molecular formula is C15H16N2O2. The number of nitrogens with zero attached hydrogens (tertiary/aromatic N) is 2. The van der Waals surface area contributed by atoms with Crippen molar-refractivity contribution in [2.45, 2.75) is 25.8 Å². The van der Waals surface area contributed by atoms with Gasteiger partial charge in [-0.2, -0.15) is 0 Å². The number of benzene rings is 1. The average molecular weight is 256 g/mol. The first-order valence-corrected chi connectivity index (χ1v) is 6.52. The van der Waals surface area contributed by atoms with Gasteiger partial charge in [-0.15, -0.1) is 0 Å². The standard InChI is InChI=1S/C15H16N2O2/c1-10(8-14(18)19)17-7-6-12-9-11-4-2-3-5-13(11)16-15(12)17/h2-5,9-10H,6-8H2,1H3,(H,18,19). The number of rotatable bonds is 3. The molecule has 1 aromatic carbocycles. The van der Waals surface area contributed by atoms with Gasteiger partial charge < -0.3 is 10.0 Å². The van der Waals surface area contributed by atoms with Crippen molar-refractivity contribution >= 4 is 22.7 Å². The molecule has 0 saturated heterocycles. The van der Waals surface area contributed by atoms with E-state index in [1.54, 1.807) is 0 Å². The second-order valence-electron chi connectivity index (χ2n) is 5.05. The molecule has 0 spiro atoms. The number of pyridine rings is 1. The maximum absolute atomic E-state index is 10.8. The van der Waals surface area contributed by atoms with Gasteiger partial charge in [-0.25, -0.2) is 4.98 Å². The fourth-order valence-corrected chi connectivity index (χ4v) is 2.72. The predicted octanol–water partition coefficient (Wildman–Crippen LogP) is 2.46. The fourth-order valence-electron chi connectivity index (χ4n) is 2.72. The Morgan fingerprint density at radius 1 is 1.47 bits per heavy atom. The Morgan fingerprint density at radius 3 is 3.05 bits per heavy atom. The van der Waals surface area contributed by atoms with Crippen LogP contribution in [-0.4, -0.2) is 28.6 Å². The first kappa shape index (κ1) is 12.0. The van der Waals surface area contributed by atoms with Crippen molar-refractivity contribution in [2.75, 3.05) is 11.4 Å². The number of carbonyl (C=O) groups is 1. The van der Waals surface area contributed by atoms with Crippen molar-refractivity contribution in [3.8, 4) is 0 Å². The maximum atomic E-state index is 10.8. The topological polar surface area (TPSA) is 53.4 Å². The molecule has 0 saturated carbocycles. The van der Waals surface area contributed by atoms with Crippen LogP contribution in [0.3, 0.4) is 0 Å². The minimum Gasteiger partial charge on any atom is -0.481 e. The Morgan fingerprint density at radius 2 is 2.26 bits per heavy atom. The molecule has 1 aliphatic heterocycles. The minimum atomic E-state index is -0.762. The van der Waals surface area contributed by atoms with Crippen LogP contribution in [0.15, 0.2) is 30.3 Å². The van der Waals surface area contributed by atoms with Crippen LogP contribution in [0.2, 0.25) is 0 Å². The van der Waals surface area contributed by atoms with E-state index >= 15 is 0 Å². The summed E-state index contributed by atoms with van der Waals surface area (Å²) in [6.45, 7) is 2.80. The van der Waals surface area contributed by atoms with E-state index in [4.69, 9.17) is 10.1 Å². The molecule has 1 N–H and O–H groups in total. The lowest BCUT2D eigenvalue weighted by Crippen LogP contribution is -2.33. The van der Waals surface area contributed by atoms with Crippen molar-refractivity contribution < 1.29 is 9.90 Å². The summed E-state index contributed by atoms with van der Waals surface area (Å²) in [5, 5.41) is 10.1. The molecule has 0 fully saturated rings. The average Bonchev–Trinajstić information content (AvgIpc) is 2.78. The first-order chi connectivity index (χ1) is 9.15. The summed E-state index contributed by atoms with van der Waals surface area (Å²) in [6, 6.07) is 10.2. The largest absolute Gasteiger partial charge is 0.481 e. The van der Waals surface area contributed by atoms with Crippen molar-refractivity contribution in [3.63, 3.8) is 0 Å². The lowest BCUT2D eigenvalue weighted by molar-refractivity contribution is -0.137. The Labute approximate surface area is 111 Å². The van der Waals surface area contributed by atoms with E-state index in [9.17, 15) is 4.79 Å². The molecule has 19 heavy (non-hydrogen) atoms. The smallest absolute Gasteiger partial charge is 0.305 e. The van der Waals surface area contributed by atoms with Crippen LogP contribution in [0.25, 0.3) is 10.9 Å². The monoisotopic (exact) mass is 256 g/mol. The van der Waals surface area contributed by atoms with Gasteiger partial charge in [0.1, 0.15) is 5.82 Å². The van der Waals surface area contributed by atoms with Gasteiger partial charge >= 0.3 is 5.97 Å². The molecular weight excluding hydrogens is 240 g/mol. The van der Waals surface area contributed by atoms with Crippen molar-refractivity contribution in [1.82, 2.24) is 4.98 Å². The molecule has 2 aromatic rings. The van der Waals surface area contributed by atoms with Gasteiger partial charge in [0.05, 0.1) is 11.9 Å². The normalized spacial score (nSPS) is 15.5. The fraction of sp³-hybridized carbons (Fsp3) is 0.333. The second kappa shape index (κ2) is 4.53. The number of carboxylic acids is 1. The van der Waals surface area contributed by atoms with Crippen LogP contribution in [-0.2, 0) is 11.2 Å². The molecule has 1 aromatic heterocycles. The van der Waals surface area contributed by atoms with Crippen molar-refractivity contribution in [2.24, 2.45) is 0 Å². The van der Waals surface area contributed by atoms with Gasteiger partial charge in [0.15, 0.2) is 0 Å². The molecule has 98 valence electrons. The molecule has 0 amide bonds. The Kier molecular flexibility index (Phi) is 2.85. The van der Waals surface area contributed by atoms with Crippen LogP contribution in [0.1, 0.15) is 18.9 Å². The summed E-state index contributed by atoms with van der Waals surface area (Å²) in [7, 11) is 0. The Balaban J connectivity index is 1.99. The predicted molar refractivity (Wildman–Crippen MR) is 74.5 cm³/mol. The number of para-hydroxylation sites is 1. The molecule has 2 heterocycles. The van der Waals surface area contributed by atoms with Gasteiger partial charge in [0, 0.05) is 18.0 Å². The Bertz CT molecular complexity index is 639. The zero-order valence-electron chi connectivity index (χ0n) is 10.8. The highest BCUT2D eigenvalue weighted by Gasteiger charge is 2.26. The highest BCUT2D eigenvalue weighted by Crippen LogP contribution is 2.31. The minimum absolute atomic E-state index is 0.0209. The van der Waals surface area contributed by atoms with Gasteiger partial charge in [0.2, 0.25) is 0 Å². The number of aliphatic carboxylic acids is 1. The number of aromatic nitrogens is 1. The molecule has 4 heteroatoms. The van der Waals surface area contributed by atoms with E-state index in [-0.39, 0.29) is 12.5 Å². The quantitative estimate of drug-likeness (QED) is 0.916. The molecule has 4 nitrogen and oxygen atoms in total. The Hall–Kier alpha value is -2.10. The number of carboxylic acid groups (broad SMARTS) is 1. The van der Waals surface area contributed by atoms with E-state index in [1.807, 2.05) is 25.1 Å². The molecule has 0 radical (unpaired) electrons. The molecule has 0 bridgehead atoms. The highest BCUT2D eigenvalue weighted by molar-refractivity contribution is 5.82. The second-order valence-corrected chi connectivity index (χ2v) is 5.05. The summed E-state index contributed by atoms with van der Waals surface area (Å²) in [4.78, 5) is 17.6. The summed E-state index contributed by atoms with van der Waals surface area (Å²) >= 11 is 0. The van der Waals surface area contributed by atoms with Gasteiger partial charge in [-0.05, 0) is 31.0 Å². The zero-order valence-corrected chi connectivity index (χ0v) is 10.8. The molecule has 1 unspecified atom stereocenters. The van der Waals surface area contributed by atoms with Crippen molar-refractivity contribution in [3.05, 3.63) is 35.9 Å². The lowest BCUT2D eigenvalue weighted by atomic mass is 10.1. The maximum Gasteiger partial charge on any atom is 0.305 e. The van der Waals surface area contributed by atoms with Crippen molar-refractivity contribution in [1.29, 1.82) is 0 Å². The third-order valence-corrected chi connectivity index (χ3v) is 3.68. The third kappa shape index (κ3) is 2.14. The third-order valence-electron chi connectivity index (χ3n) is 3.68. The van der Waals surface area contributed by atoms with Crippen LogP contribution in [0.5, 0.6) is 0 Å². The molecule has 3 rings (SSSR count). The van der Waals surface area contributed by atoms with E-state index < -0.39 is 5.97 Å². The van der Waals surface area contributed by atoms with Gasteiger partial charge in [-0.3, -0.25) is 4.79 Å². The van der Waals surface area contributed by atoms with Crippen LogP contribution >= 0.6 is 0 Å². The molecule has 1 atom stereocenters. The summed E-state index contributed by atoms with van der Waals surface area (Å²) in [5.41, 5.74) is 2.19.